The number of fused-ring (bicyclic) bond motifs is 1. The molecule has 0 saturated carbocycles. The number of benzene rings is 1. The molecule has 1 aromatic carbocycles. The second kappa shape index (κ2) is 5.02. The quantitative estimate of drug-likeness (QED) is 0.855. The molecule has 0 aliphatic heterocycles. The van der Waals surface area contributed by atoms with Crippen LogP contribution in [-0.4, -0.2) is 17.1 Å². The molecule has 0 spiro atoms. The Labute approximate surface area is 106 Å². The van der Waals surface area contributed by atoms with E-state index < -0.39 is 0 Å². The number of anilines is 1. The Balaban J connectivity index is 2.22. The van der Waals surface area contributed by atoms with Gasteiger partial charge in [0.15, 0.2) is 5.13 Å². The number of nitrogens with one attached hydrogen (secondary N) is 1. The predicted molar refractivity (Wildman–Crippen MR) is 75.6 cm³/mol. The van der Waals surface area contributed by atoms with Crippen molar-refractivity contribution in [3.05, 3.63) is 24.3 Å². The highest BCUT2D eigenvalue weighted by Crippen LogP contribution is 2.29. The highest BCUT2D eigenvalue weighted by atomic mass is 32.1. The summed E-state index contributed by atoms with van der Waals surface area (Å²) < 4.78 is 1.22. The van der Waals surface area contributed by atoms with Gasteiger partial charge in [0, 0.05) is 5.54 Å². The number of rotatable bonds is 5. The Morgan fingerprint density at radius 3 is 2.82 bits per heavy atom. The molecule has 4 heteroatoms. The van der Waals surface area contributed by atoms with Crippen molar-refractivity contribution in [1.82, 2.24) is 4.98 Å². The number of hydrogen-bond acceptors (Lipinski definition) is 4. The molecule has 2 rings (SSSR count). The zero-order chi connectivity index (χ0) is 12.3. The first-order valence-corrected chi connectivity index (χ1v) is 6.82. The van der Waals surface area contributed by atoms with Gasteiger partial charge in [-0.3, -0.25) is 0 Å². The van der Waals surface area contributed by atoms with Crippen LogP contribution in [0.2, 0.25) is 0 Å². The molecule has 0 aliphatic carbocycles. The Morgan fingerprint density at radius 2 is 2.18 bits per heavy atom. The summed E-state index contributed by atoms with van der Waals surface area (Å²) >= 11 is 1.70. The van der Waals surface area contributed by atoms with Gasteiger partial charge in [0.25, 0.3) is 0 Å². The first kappa shape index (κ1) is 12.3. The third-order valence-corrected chi connectivity index (χ3v) is 4.13. The molecule has 0 amide bonds. The highest BCUT2D eigenvalue weighted by molar-refractivity contribution is 7.22. The molecule has 2 aromatic rings. The number of aromatic nitrogens is 1. The van der Waals surface area contributed by atoms with Gasteiger partial charge in [0.2, 0.25) is 0 Å². The van der Waals surface area contributed by atoms with Crippen LogP contribution >= 0.6 is 11.3 Å². The zero-order valence-corrected chi connectivity index (χ0v) is 11.2. The summed E-state index contributed by atoms with van der Waals surface area (Å²) in [4.78, 5) is 4.59. The van der Waals surface area contributed by atoms with Gasteiger partial charge in [-0.2, -0.15) is 0 Å². The number of nitrogens with zero attached hydrogens (tertiary/aromatic N) is 1. The average Bonchev–Trinajstić information content (AvgIpc) is 2.71. The lowest BCUT2D eigenvalue weighted by Crippen LogP contribution is -2.36. The Kier molecular flexibility index (Phi) is 3.64. The molecule has 0 radical (unpaired) electrons. The topological polar surface area (TPSA) is 50.9 Å². The lowest BCUT2D eigenvalue weighted by Gasteiger charge is -2.28. The lowest BCUT2D eigenvalue weighted by molar-refractivity contribution is 0.463. The highest BCUT2D eigenvalue weighted by Gasteiger charge is 2.22. The van der Waals surface area contributed by atoms with Crippen LogP contribution in [0.25, 0.3) is 10.2 Å². The van der Waals surface area contributed by atoms with Crippen LogP contribution in [-0.2, 0) is 0 Å². The summed E-state index contributed by atoms with van der Waals surface area (Å²) in [6.45, 7) is 5.07. The van der Waals surface area contributed by atoms with Gasteiger partial charge in [0.05, 0.1) is 10.2 Å². The van der Waals surface area contributed by atoms with Crippen LogP contribution in [0.1, 0.15) is 26.7 Å². The molecule has 0 saturated heterocycles. The molecule has 0 fully saturated rings. The van der Waals surface area contributed by atoms with Crippen molar-refractivity contribution in [3.63, 3.8) is 0 Å². The van der Waals surface area contributed by atoms with E-state index in [4.69, 9.17) is 5.73 Å². The van der Waals surface area contributed by atoms with E-state index in [1.165, 1.54) is 4.70 Å². The van der Waals surface area contributed by atoms with Crippen molar-refractivity contribution in [2.75, 3.05) is 11.9 Å². The van der Waals surface area contributed by atoms with E-state index in [2.05, 4.69) is 30.2 Å². The fourth-order valence-corrected chi connectivity index (χ4v) is 2.84. The molecule has 92 valence electrons. The summed E-state index contributed by atoms with van der Waals surface area (Å²) in [5.74, 6) is 0. The van der Waals surface area contributed by atoms with E-state index in [0.29, 0.717) is 6.54 Å². The largest absolute Gasteiger partial charge is 0.356 e. The summed E-state index contributed by atoms with van der Waals surface area (Å²) in [7, 11) is 0. The van der Waals surface area contributed by atoms with Crippen LogP contribution in [0.15, 0.2) is 24.3 Å². The van der Waals surface area contributed by atoms with E-state index in [9.17, 15) is 0 Å². The maximum Gasteiger partial charge on any atom is 0.184 e. The van der Waals surface area contributed by atoms with Gasteiger partial charge in [0.1, 0.15) is 0 Å². The van der Waals surface area contributed by atoms with Crippen molar-refractivity contribution >= 4 is 26.7 Å². The fourth-order valence-electron chi connectivity index (χ4n) is 1.83. The molecule has 1 unspecified atom stereocenters. The molecular weight excluding hydrogens is 230 g/mol. The molecule has 1 aromatic heterocycles. The van der Waals surface area contributed by atoms with Gasteiger partial charge in [-0.05, 0) is 38.4 Å². The van der Waals surface area contributed by atoms with Crippen molar-refractivity contribution in [2.24, 2.45) is 5.73 Å². The Hall–Kier alpha value is -1.13. The minimum atomic E-state index is 0.0443. The molecule has 0 bridgehead atoms. The molecular formula is C13H19N3S. The first-order valence-electron chi connectivity index (χ1n) is 6.01. The Morgan fingerprint density at radius 1 is 1.41 bits per heavy atom. The van der Waals surface area contributed by atoms with Crippen LogP contribution in [0, 0.1) is 0 Å². The van der Waals surface area contributed by atoms with Crippen LogP contribution in [0.5, 0.6) is 0 Å². The van der Waals surface area contributed by atoms with Crippen molar-refractivity contribution in [2.45, 2.75) is 32.2 Å². The second-order valence-electron chi connectivity index (χ2n) is 4.56. The monoisotopic (exact) mass is 249 g/mol. The SMILES string of the molecule is CCC(C)(CCN)Nc1nc2ccccc2s1. The van der Waals surface area contributed by atoms with Crippen LogP contribution in [0.4, 0.5) is 5.13 Å². The maximum absolute atomic E-state index is 5.66. The van der Waals surface area contributed by atoms with E-state index in [0.717, 1.165) is 23.5 Å². The molecule has 0 aliphatic rings. The zero-order valence-electron chi connectivity index (χ0n) is 10.4. The van der Waals surface area contributed by atoms with E-state index >= 15 is 0 Å². The summed E-state index contributed by atoms with van der Waals surface area (Å²) in [5.41, 5.74) is 6.77. The molecule has 3 nitrogen and oxygen atoms in total. The fraction of sp³-hybridized carbons (Fsp3) is 0.462. The number of nitrogens with two attached hydrogens (primary N) is 1. The Bertz CT molecular complexity index is 461. The number of thiazole rings is 1. The van der Waals surface area contributed by atoms with Crippen LogP contribution < -0.4 is 11.1 Å². The summed E-state index contributed by atoms with van der Waals surface area (Å²) in [5, 5.41) is 4.51. The van der Waals surface area contributed by atoms with Crippen molar-refractivity contribution < 1.29 is 0 Å². The molecule has 1 atom stereocenters. The first-order chi connectivity index (χ1) is 8.17. The van der Waals surface area contributed by atoms with E-state index in [1.807, 2.05) is 18.2 Å². The van der Waals surface area contributed by atoms with Gasteiger partial charge >= 0.3 is 0 Å². The molecule has 3 N–H and O–H groups in total. The number of para-hydroxylation sites is 1. The molecule has 17 heavy (non-hydrogen) atoms. The smallest absolute Gasteiger partial charge is 0.184 e. The minimum Gasteiger partial charge on any atom is -0.356 e. The van der Waals surface area contributed by atoms with E-state index in [-0.39, 0.29) is 5.54 Å². The van der Waals surface area contributed by atoms with Gasteiger partial charge < -0.3 is 11.1 Å². The maximum atomic E-state index is 5.66. The predicted octanol–water partition coefficient (Wildman–Crippen LogP) is 3.23. The van der Waals surface area contributed by atoms with E-state index in [1.54, 1.807) is 11.3 Å². The third-order valence-electron chi connectivity index (χ3n) is 3.18. The van der Waals surface area contributed by atoms with Gasteiger partial charge in [-0.1, -0.05) is 30.4 Å². The standard InChI is InChI=1S/C13H19N3S/c1-3-13(2,8-9-14)16-12-15-10-6-4-5-7-11(10)17-12/h4-7H,3,8-9,14H2,1-2H3,(H,15,16). The average molecular weight is 249 g/mol. The normalized spacial score (nSPS) is 14.8. The third kappa shape index (κ3) is 2.76. The summed E-state index contributed by atoms with van der Waals surface area (Å²) in [6.07, 6.45) is 2.00. The van der Waals surface area contributed by atoms with Crippen molar-refractivity contribution in [3.8, 4) is 0 Å². The molecule has 1 heterocycles. The van der Waals surface area contributed by atoms with Crippen molar-refractivity contribution in [1.29, 1.82) is 0 Å². The summed E-state index contributed by atoms with van der Waals surface area (Å²) in [6, 6.07) is 8.21. The second-order valence-corrected chi connectivity index (χ2v) is 5.60. The van der Waals surface area contributed by atoms with Gasteiger partial charge in [-0.15, -0.1) is 0 Å². The number of hydrogen-bond donors (Lipinski definition) is 2. The minimum absolute atomic E-state index is 0.0443. The van der Waals surface area contributed by atoms with Gasteiger partial charge in [-0.25, -0.2) is 4.98 Å². The lowest BCUT2D eigenvalue weighted by atomic mass is 9.95. The van der Waals surface area contributed by atoms with Crippen LogP contribution in [0.3, 0.4) is 0 Å².